The Hall–Kier alpha value is -5.19. The van der Waals surface area contributed by atoms with Crippen molar-refractivity contribution in [2.24, 2.45) is 0 Å². The Balaban J connectivity index is 1.18. The number of nitrogens with one attached hydrogen (secondary N) is 1. The summed E-state index contributed by atoms with van der Waals surface area (Å²) in [4.78, 5) is 57.1. The second-order valence-corrected chi connectivity index (χ2v) is 12.3. The number of ether oxygens (including phenoxy) is 2. The van der Waals surface area contributed by atoms with E-state index in [0.29, 0.717) is 61.6 Å². The van der Waals surface area contributed by atoms with Crippen molar-refractivity contribution in [1.82, 2.24) is 14.4 Å². The number of aromatic nitrogens is 1. The summed E-state index contributed by atoms with van der Waals surface area (Å²) in [6.45, 7) is 3.01. The SMILES string of the molecule is COc1ccc2c(c1)c(CC(=O)OCCN1C(=O)c3cccc4c(NCCN(C)C)ccc(c34)C1=O)c(C)n2C(=O)c1ccc(Cl)cc1. The summed E-state index contributed by atoms with van der Waals surface area (Å²) in [6, 6.07) is 20.9. The van der Waals surface area contributed by atoms with Crippen LogP contribution in [-0.4, -0.2) is 85.5 Å². The van der Waals surface area contributed by atoms with Gasteiger partial charge in [0.1, 0.15) is 12.4 Å². The van der Waals surface area contributed by atoms with E-state index < -0.39 is 17.8 Å². The lowest BCUT2D eigenvalue weighted by Crippen LogP contribution is -2.42. The van der Waals surface area contributed by atoms with Crippen LogP contribution in [0.1, 0.15) is 42.3 Å². The molecule has 0 bridgehead atoms. The number of amides is 2. The van der Waals surface area contributed by atoms with Gasteiger partial charge in [-0.3, -0.25) is 28.6 Å². The number of imide groups is 1. The van der Waals surface area contributed by atoms with Gasteiger partial charge in [-0.05, 0) is 87.2 Å². The van der Waals surface area contributed by atoms with E-state index in [2.05, 4.69) is 10.2 Å². The quantitative estimate of drug-likeness (QED) is 0.139. The van der Waals surface area contributed by atoms with Crippen molar-refractivity contribution in [2.75, 3.05) is 52.8 Å². The van der Waals surface area contributed by atoms with Gasteiger partial charge in [0.05, 0.1) is 25.6 Å². The second kappa shape index (κ2) is 13.5. The monoisotopic (exact) mass is 666 g/mol. The molecule has 11 heteroatoms. The van der Waals surface area contributed by atoms with Crippen molar-refractivity contribution in [3.63, 3.8) is 0 Å². The van der Waals surface area contributed by atoms with Crippen molar-refractivity contribution in [3.8, 4) is 5.75 Å². The van der Waals surface area contributed by atoms with Crippen LogP contribution in [0.2, 0.25) is 5.02 Å². The molecule has 0 fully saturated rings. The van der Waals surface area contributed by atoms with Crippen molar-refractivity contribution in [3.05, 3.63) is 106 Å². The molecule has 0 spiro atoms. The first-order chi connectivity index (χ1) is 23.1. The molecule has 2 heterocycles. The normalized spacial score (nSPS) is 12.7. The molecule has 4 aromatic carbocycles. The average molecular weight is 667 g/mol. The van der Waals surface area contributed by atoms with Crippen molar-refractivity contribution >= 4 is 62.7 Å². The molecule has 10 nitrogen and oxygen atoms in total. The summed E-state index contributed by atoms with van der Waals surface area (Å²) in [5.41, 5.74) is 3.94. The summed E-state index contributed by atoms with van der Waals surface area (Å²) in [5, 5.41) is 6.01. The van der Waals surface area contributed by atoms with Gasteiger partial charge in [-0.2, -0.15) is 0 Å². The predicted octanol–water partition coefficient (Wildman–Crippen LogP) is 5.81. The molecule has 246 valence electrons. The number of benzene rings is 4. The molecule has 1 aliphatic rings. The maximum absolute atomic E-state index is 13.6. The zero-order valence-corrected chi connectivity index (χ0v) is 27.9. The van der Waals surface area contributed by atoms with E-state index in [1.165, 1.54) is 0 Å². The number of hydrogen-bond acceptors (Lipinski definition) is 8. The van der Waals surface area contributed by atoms with E-state index in [1.54, 1.807) is 79.3 Å². The van der Waals surface area contributed by atoms with Crippen LogP contribution in [0.25, 0.3) is 21.7 Å². The summed E-state index contributed by atoms with van der Waals surface area (Å²) >= 11 is 6.03. The summed E-state index contributed by atoms with van der Waals surface area (Å²) in [6.07, 6.45) is -0.135. The largest absolute Gasteiger partial charge is 0.497 e. The number of rotatable bonds is 11. The standard InChI is InChI=1S/C37H35ClN4O6/c1-22-29(30-20-25(47-4)12-15-32(30)42(22)35(44)23-8-10-24(38)11-9-23)21-33(43)48-19-18-41-36(45)27-7-5-6-26-31(39-16-17-40(2)3)14-13-28(34(26)27)37(41)46/h5-15,20,39H,16-19,21H2,1-4H3. The van der Waals surface area contributed by atoms with Crippen molar-refractivity contribution < 1.29 is 28.7 Å². The van der Waals surface area contributed by atoms with E-state index in [9.17, 15) is 19.2 Å². The lowest BCUT2D eigenvalue weighted by Gasteiger charge is -2.27. The van der Waals surface area contributed by atoms with Crippen molar-refractivity contribution in [2.45, 2.75) is 13.3 Å². The maximum Gasteiger partial charge on any atom is 0.310 e. The molecule has 0 radical (unpaired) electrons. The lowest BCUT2D eigenvalue weighted by atomic mass is 9.93. The molecule has 0 atom stereocenters. The first-order valence-electron chi connectivity index (χ1n) is 15.5. The van der Waals surface area contributed by atoms with Gasteiger partial charge in [-0.25, -0.2) is 0 Å². The number of likely N-dealkylation sites (N-methyl/N-ethyl adjacent to an activating group) is 1. The first kappa shape index (κ1) is 32.7. The number of carbonyl (C=O) groups excluding carboxylic acids is 4. The second-order valence-electron chi connectivity index (χ2n) is 11.9. The molecule has 0 saturated carbocycles. The highest BCUT2D eigenvalue weighted by molar-refractivity contribution is 6.30. The molecule has 1 N–H and O–H groups in total. The molecule has 2 amide bonds. The van der Waals surface area contributed by atoms with Crippen LogP contribution in [0.15, 0.2) is 72.8 Å². The van der Waals surface area contributed by atoms with Crippen LogP contribution in [0.4, 0.5) is 5.69 Å². The predicted molar refractivity (Wildman–Crippen MR) is 185 cm³/mol. The topological polar surface area (TPSA) is 110 Å². The Morgan fingerprint density at radius 2 is 1.65 bits per heavy atom. The Kier molecular flexibility index (Phi) is 9.21. The first-order valence-corrected chi connectivity index (χ1v) is 15.9. The Morgan fingerprint density at radius 1 is 0.917 bits per heavy atom. The van der Waals surface area contributed by atoms with Crippen molar-refractivity contribution in [1.29, 1.82) is 0 Å². The summed E-state index contributed by atoms with van der Waals surface area (Å²) in [5.74, 6) is -1.14. The minimum atomic E-state index is -0.563. The minimum absolute atomic E-state index is 0.105. The number of nitrogens with zero attached hydrogens (tertiary/aromatic N) is 3. The fraction of sp³-hybridized carbons (Fsp3) is 0.243. The maximum atomic E-state index is 13.6. The van der Waals surface area contributed by atoms with E-state index in [-0.39, 0.29) is 25.5 Å². The Morgan fingerprint density at radius 3 is 2.35 bits per heavy atom. The zero-order valence-electron chi connectivity index (χ0n) is 27.1. The van der Waals surface area contributed by atoms with Gasteiger partial charge < -0.3 is 19.7 Å². The van der Waals surface area contributed by atoms with Crippen LogP contribution < -0.4 is 10.1 Å². The Labute approximate surface area is 282 Å². The minimum Gasteiger partial charge on any atom is -0.497 e. The molecule has 6 rings (SSSR count). The number of carbonyl (C=O) groups is 4. The fourth-order valence-corrected chi connectivity index (χ4v) is 6.29. The zero-order chi connectivity index (χ0) is 34.1. The summed E-state index contributed by atoms with van der Waals surface area (Å²) in [7, 11) is 5.53. The third kappa shape index (κ3) is 6.12. The van der Waals surface area contributed by atoms with Crippen LogP contribution in [-0.2, 0) is 16.0 Å². The molecule has 0 saturated heterocycles. The number of halogens is 1. The average Bonchev–Trinajstić information content (AvgIpc) is 3.34. The number of methoxy groups -OCH3 is 1. The third-order valence-electron chi connectivity index (χ3n) is 8.60. The number of esters is 1. The Bertz CT molecular complexity index is 2060. The molecule has 0 unspecified atom stereocenters. The molecule has 48 heavy (non-hydrogen) atoms. The van der Waals surface area contributed by atoms with E-state index in [1.807, 2.05) is 26.2 Å². The van der Waals surface area contributed by atoms with Gasteiger partial charge >= 0.3 is 5.97 Å². The molecule has 1 aromatic heterocycles. The fourth-order valence-electron chi connectivity index (χ4n) is 6.16. The number of anilines is 1. The molecular weight excluding hydrogens is 632 g/mol. The molecule has 5 aromatic rings. The molecule has 0 aliphatic carbocycles. The highest BCUT2D eigenvalue weighted by Gasteiger charge is 2.33. The summed E-state index contributed by atoms with van der Waals surface area (Å²) < 4.78 is 12.6. The van der Waals surface area contributed by atoms with Gasteiger partial charge in [0.2, 0.25) is 0 Å². The number of fused-ring (bicyclic) bond motifs is 1. The van der Waals surface area contributed by atoms with Crippen LogP contribution in [0.5, 0.6) is 5.75 Å². The lowest BCUT2D eigenvalue weighted by molar-refractivity contribution is -0.143. The van der Waals surface area contributed by atoms with Gasteiger partial charge in [0.25, 0.3) is 17.7 Å². The molecular formula is C37H35ClN4O6. The van der Waals surface area contributed by atoms with Gasteiger partial charge in [-0.15, -0.1) is 0 Å². The molecule has 1 aliphatic heterocycles. The van der Waals surface area contributed by atoms with E-state index in [0.717, 1.165) is 22.5 Å². The van der Waals surface area contributed by atoms with Crippen LogP contribution in [0, 0.1) is 6.92 Å². The van der Waals surface area contributed by atoms with Crippen LogP contribution in [0.3, 0.4) is 0 Å². The van der Waals surface area contributed by atoms with Gasteiger partial charge in [0.15, 0.2) is 0 Å². The third-order valence-corrected chi connectivity index (χ3v) is 8.85. The van der Waals surface area contributed by atoms with Gasteiger partial charge in [-0.1, -0.05) is 23.7 Å². The van der Waals surface area contributed by atoms with Gasteiger partial charge in [0, 0.05) is 62.3 Å². The van der Waals surface area contributed by atoms with E-state index in [4.69, 9.17) is 21.1 Å². The van der Waals surface area contributed by atoms with E-state index >= 15 is 0 Å². The highest BCUT2D eigenvalue weighted by atomic mass is 35.5. The highest BCUT2D eigenvalue weighted by Crippen LogP contribution is 2.35. The number of hydrogen-bond donors (Lipinski definition) is 1. The van der Waals surface area contributed by atoms with Crippen LogP contribution >= 0.6 is 11.6 Å². The smallest absolute Gasteiger partial charge is 0.310 e.